The van der Waals surface area contributed by atoms with Gasteiger partial charge in [-0.25, -0.2) is 0 Å². The van der Waals surface area contributed by atoms with Gasteiger partial charge in [-0.2, -0.15) is 0 Å². The van der Waals surface area contributed by atoms with E-state index in [9.17, 15) is 0 Å². The van der Waals surface area contributed by atoms with Crippen molar-refractivity contribution in [3.8, 4) is 0 Å². The molecule has 2 heterocycles. The second-order valence-corrected chi connectivity index (χ2v) is 7.74. The van der Waals surface area contributed by atoms with Gasteiger partial charge in [-0.05, 0) is 31.5 Å². The van der Waals surface area contributed by atoms with Crippen molar-refractivity contribution in [2.24, 2.45) is 12.0 Å². The van der Waals surface area contributed by atoms with Gasteiger partial charge in [0.05, 0.1) is 32.3 Å². The van der Waals surface area contributed by atoms with Crippen LogP contribution in [0.3, 0.4) is 0 Å². The monoisotopic (exact) mass is 525 g/mol. The molecule has 1 saturated heterocycles. The molecule has 1 fully saturated rings. The van der Waals surface area contributed by atoms with Crippen LogP contribution in [-0.4, -0.2) is 66.8 Å². The number of nitrogens with zero attached hydrogens (tertiary/aromatic N) is 4. The fourth-order valence-electron chi connectivity index (χ4n) is 3.82. The van der Waals surface area contributed by atoms with Crippen molar-refractivity contribution < 1.29 is 4.74 Å². The summed E-state index contributed by atoms with van der Waals surface area (Å²) in [6, 6.07) is 13.3. The maximum atomic E-state index is 5.58. The zero-order chi connectivity index (χ0) is 20.6. The van der Waals surface area contributed by atoms with E-state index in [0.717, 1.165) is 51.9 Å². The molecule has 0 spiro atoms. The van der Waals surface area contributed by atoms with Crippen LogP contribution in [-0.2, 0) is 18.3 Å². The number of guanidine groups is 1. The second kappa shape index (κ2) is 12.3. The average Bonchev–Trinajstić information content (AvgIpc) is 3.12. The predicted octanol–water partition coefficient (Wildman–Crippen LogP) is 3.42. The fraction of sp³-hybridized carbons (Fsp3) is 0.522. The highest BCUT2D eigenvalue weighted by Gasteiger charge is 2.23. The minimum Gasteiger partial charge on any atom is -0.379 e. The number of ether oxygens (including phenoxy) is 1. The summed E-state index contributed by atoms with van der Waals surface area (Å²) >= 11 is 0. The average molecular weight is 525 g/mol. The van der Waals surface area contributed by atoms with E-state index < -0.39 is 0 Å². The van der Waals surface area contributed by atoms with E-state index in [0.29, 0.717) is 0 Å². The normalized spacial score (nSPS) is 16.1. The van der Waals surface area contributed by atoms with Crippen LogP contribution in [0.2, 0.25) is 0 Å². The van der Waals surface area contributed by atoms with Crippen LogP contribution in [0.5, 0.6) is 0 Å². The number of aliphatic imine (C=N–C) groups is 1. The van der Waals surface area contributed by atoms with Crippen LogP contribution in [0, 0.1) is 6.92 Å². The van der Waals surface area contributed by atoms with Crippen molar-refractivity contribution in [2.75, 3.05) is 46.4 Å². The summed E-state index contributed by atoms with van der Waals surface area (Å²) in [5.74, 6) is 0.944. The molecule has 166 valence electrons. The molecular weight excluding hydrogens is 489 g/mol. The molecule has 2 aromatic rings. The van der Waals surface area contributed by atoms with Gasteiger partial charge in [0, 0.05) is 45.6 Å². The Balaban J connectivity index is 0.00000320. The number of aryl methyl sites for hydroxylation is 2. The van der Waals surface area contributed by atoms with E-state index >= 15 is 0 Å². The maximum absolute atomic E-state index is 5.58. The summed E-state index contributed by atoms with van der Waals surface area (Å²) in [5, 5.41) is 3.46. The molecule has 30 heavy (non-hydrogen) atoms. The van der Waals surface area contributed by atoms with Gasteiger partial charge in [0.1, 0.15) is 0 Å². The summed E-state index contributed by atoms with van der Waals surface area (Å²) in [4.78, 5) is 9.75. The SMILES string of the molecule is CCNC(=NCC(c1cccc(C)c1)N1CCOCC1)N(C)Cc1cccn1C.I. The zero-order valence-electron chi connectivity index (χ0n) is 18.7. The predicted molar refractivity (Wildman–Crippen MR) is 135 cm³/mol. The van der Waals surface area contributed by atoms with E-state index in [1.807, 2.05) is 0 Å². The Morgan fingerprint density at radius 3 is 2.63 bits per heavy atom. The van der Waals surface area contributed by atoms with Crippen molar-refractivity contribution >= 4 is 29.9 Å². The first kappa shape index (κ1) is 24.7. The van der Waals surface area contributed by atoms with Gasteiger partial charge in [0.25, 0.3) is 0 Å². The largest absolute Gasteiger partial charge is 0.379 e. The molecule has 0 amide bonds. The molecule has 1 aromatic heterocycles. The maximum Gasteiger partial charge on any atom is 0.194 e. The molecule has 1 unspecified atom stereocenters. The topological polar surface area (TPSA) is 45.0 Å². The number of nitrogens with one attached hydrogen (secondary N) is 1. The van der Waals surface area contributed by atoms with Crippen molar-refractivity contribution in [1.82, 2.24) is 19.7 Å². The van der Waals surface area contributed by atoms with Crippen LogP contribution >= 0.6 is 24.0 Å². The first-order valence-electron chi connectivity index (χ1n) is 10.6. The highest BCUT2D eigenvalue weighted by molar-refractivity contribution is 14.0. The van der Waals surface area contributed by atoms with Gasteiger partial charge in [0.2, 0.25) is 0 Å². The van der Waals surface area contributed by atoms with E-state index in [2.05, 4.69) is 90.2 Å². The third-order valence-electron chi connectivity index (χ3n) is 5.47. The van der Waals surface area contributed by atoms with Gasteiger partial charge in [-0.3, -0.25) is 9.89 Å². The van der Waals surface area contributed by atoms with Crippen molar-refractivity contribution in [2.45, 2.75) is 26.4 Å². The Labute approximate surface area is 198 Å². The Morgan fingerprint density at radius 1 is 1.23 bits per heavy atom. The summed E-state index contributed by atoms with van der Waals surface area (Å²) in [6.45, 7) is 10.1. The van der Waals surface area contributed by atoms with Crippen LogP contribution in [0.15, 0.2) is 47.6 Å². The summed E-state index contributed by atoms with van der Waals surface area (Å²) in [7, 11) is 4.18. The van der Waals surface area contributed by atoms with Crippen LogP contribution < -0.4 is 5.32 Å². The number of benzene rings is 1. The number of hydrogen-bond acceptors (Lipinski definition) is 3. The number of morpholine rings is 1. The Morgan fingerprint density at radius 2 is 2.00 bits per heavy atom. The third kappa shape index (κ3) is 6.72. The van der Waals surface area contributed by atoms with Crippen molar-refractivity contribution in [3.63, 3.8) is 0 Å². The van der Waals surface area contributed by atoms with E-state index in [1.54, 1.807) is 0 Å². The lowest BCUT2D eigenvalue weighted by atomic mass is 10.0. The van der Waals surface area contributed by atoms with E-state index in [1.165, 1.54) is 16.8 Å². The molecule has 0 radical (unpaired) electrons. The zero-order valence-corrected chi connectivity index (χ0v) is 21.0. The quantitative estimate of drug-likeness (QED) is 0.342. The standard InChI is InChI=1S/C23H35N5O.HI/c1-5-24-23(27(4)18-21-10-7-11-26(21)3)25-17-22(28-12-14-29-15-13-28)20-9-6-8-19(2)16-20;/h6-11,16,22H,5,12-15,17-18H2,1-4H3,(H,24,25);1H. The Hall–Kier alpha value is -1.58. The lowest BCUT2D eigenvalue weighted by Gasteiger charge is -2.34. The molecule has 1 N–H and O–H groups in total. The number of aromatic nitrogens is 1. The molecule has 1 atom stereocenters. The first-order chi connectivity index (χ1) is 14.1. The second-order valence-electron chi connectivity index (χ2n) is 7.74. The minimum absolute atomic E-state index is 0. The van der Waals surface area contributed by atoms with Crippen LogP contribution in [0.1, 0.15) is 29.8 Å². The smallest absolute Gasteiger partial charge is 0.194 e. The molecular formula is C23H36IN5O. The first-order valence-corrected chi connectivity index (χ1v) is 10.6. The molecule has 0 bridgehead atoms. The number of halogens is 1. The minimum atomic E-state index is 0. The third-order valence-corrected chi connectivity index (χ3v) is 5.47. The van der Waals surface area contributed by atoms with Gasteiger partial charge < -0.3 is 19.5 Å². The molecule has 6 nitrogen and oxygen atoms in total. The Bertz CT molecular complexity index is 800. The van der Waals surface area contributed by atoms with Crippen molar-refractivity contribution in [1.29, 1.82) is 0 Å². The molecule has 1 aliphatic rings. The van der Waals surface area contributed by atoms with Gasteiger partial charge in [-0.1, -0.05) is 29.8 Å². The highest BCUT2D eigenvalue weighted by atomic mass is 127. The summed E-state index contributed by atoms with van der Waals surface area (Å²) in [5.41, 5.74) is 3.88. The highest BCUT2D eigenvalue weighted by Crippen LogP contribution is 2.23. The van der Waals surface area contributed by atoms with Gasteiger partial charge >= 0.3 is 0 Å². The summed E-state index contributed by atoms with van der Waals surface area (Å²) in [6.07, 6.45) is 2.08. The molecule has 3 rings (SSSR count). The number of hydrogen-bond donors (Lipinski definition) is 1. The molecule has 1 aromatic carbocycles. The summed E-state index contributed by atoms with van der Waals surface area (Å²) < 4.78 is 7.74. The van der Waals surface area contributed by atoms with Crippen molar-refractivity contribution in [3.05, 3.63) is 59.4 Å². The lowest BCUT2D eigenvalue weighted by molar-refractivity contribution is 0.0179. The lowest BCUT2D eigenvalue weighted by Crippen LogP contribution is -2.42. The molecule has 7 heteroatoms. The fourth-order valence-corrected chi connectivity index (χ4v) is 3.82. The van der Waals surface area contributed by atoms with E-state index in [-0.39, 0.29) is 30.0 Å². The molecule has 0 aliphatic carbocycles. The van der Waals surface area contributed by atoms with Gasteiger partial charge in [-0.15, -0.1) is 24.0 Å². The number of rotatable bonds is 7. The van der Waals surface area contributed by atoms with Crippen LogP contribution in [0.25, 0.3) is 0 Å². The van der Waals surface area contributed by atoms with Gasteiger partial charge in [0.15, 0.2) is 5.96 Å². The van der Waals surface area contributed by atoms with E-state index in [4.69, 9.17) is 9.73 Å². The Kier molecular flexibility index (Phi) is 10.1. The molecule has 1 aliphatic heterocycles. The van der Waals surface area contributed by atoms with Crippen LogP contribution in [0.4, 0.5) is 0 Å². The molecule has 0 saturated carbocycles.